The molecular formula is C21H20N2O4. The van der Waals surface area contributed by atoms with Crippen LogP contribution in [0.2, 0.25) is 0 Å². The van der Waals surface area contributed by atoms with Crippen LogP contribution in [0.1, 0.15) is 22.8 Å². The predicted molar refractivity (Wildman–Crippen MR) is 99.1 cm³/mol. The van der Waals surface area contributed by atoms with Gasteiger partial charge >= 0.3 is 5.97 Å². The Morgan fingerprint density at radius 2 is 1.78 bits per heavy atom. The molecule has 0 radical (unpaired) electrons. The monoisotopic (exact) mass is 364 g/mol. The molecule has 138 valence electrons. The number of esters is 1. The van der Waals surface area contributed by atoms with E-state index in [9.17, 15) is 4.79 Å². The highest BCUT2D eigenvalue weighted by Gasteiger charge is 2.35. The molecule has 0 atom stereocenters. The van der Waals surface area contributed by atoms with E-state index in [1.165, 1.54) is 0 Å². The van der Waals surface area contributed by atoms with Crippen molar-refractivity contribution in [1.29, 1.82) is 0 Å². The fraction of sp³-hybridized carbons (Fsp3) is 0.286. The molecule has 0 spiro atoms. The fourth-order valence-electron chi connectivity index (χ4n) is 2.87. The number of benzene rings is 2. The molecule has 0 saturated carbocycles. The zero-order valence-electron chi connectivity index (χ0n) is 15.3. The van der Waals surface area contributed by atoms with Crippen LogP contribution >= 0.6 is 0 Å². The molecule has 0 unspecified atom stereocenters. The summed E-state index contributed by atoms with van der Waals surface area (Å²) in [7, 11) is 0. The predicted octanol–water partition coefficient (Wildman–Crippen LogP) is 3.91. The van der Waals surface area contributed by atoms with Gasteiger partial charge in [-0.1, -0.05) is 25.1 Å². The van der Waals surface area contributed by atoms with Gasteiger partial charge < -0.3 is 13.9 Å². The van der Waals surface area contributed by atoms with E-state index < -0.39 is 0 Å². The average Bonchev–Trinajstić information content (AvgIpc) is 3.15. The maximum Gasteiger partial charge on any atom is 0.338 e. The number of aromatic nitrogens is 2. The van der Waals surface area contributed by atoms with Crippen molar-refractivity contribution in [1.82, 2.24) is 10.2 Å². The standard InChI is InChI=1S/C21H20N2O4/c1-14-5-3-4-6-17(14)19-23-22-18(27-19)15-7-9-16(10-8-15)20(24)26-13-21(2)11-25-12-21/h3-10H,11-13H2,1-2H3. The van der Waals surface area contributed by atoms with Gasteiger partial charge in [0.05, 0.1) is 18.8 Å². The van der Waals surface area contributed by atoms with Gasteiger partial charge in [-0.3, -0.25) is 0 Å². The minimum absolute atomic E-state index is 0.0642. The number of carbonyl (C=O) groups is 1. The van der Waals surface area contributed by atoms with Gasteiger partial charge in [0.15, 0.2) is 0 Å². The van der Waals surface area contributed by atoms with E-state index in [2.05, 4.69) is 10.2 Å². The lowest BCUT2D eigenvalue weighted by molar-refractivity contribution is -0.127. The maximum atomic E-state index is 12.2. The van der Waals surface area contributed by atoms with Gasteiger partial charge in [0, 0.05) is 16.5 Å². The number of ether oxygens (including phenoxy) is 2. The lowest BCUT2D eigenvalue weighted by Gasteiger charge is -2.37. The van der Waals surface area contributed by atoms with E-state index in [1.54, 1.807) is 24.3 Å². The van der Waals surface area contributed by atoms with Crippen LogP contribution in [-0.4, -0.2) is 36.0 Å². The molecule has 0 aliphatic carbocycles. The Labute approximate surface area is 157 Å². The van der Waals surface area contributed by atoms with Gasteiger partial charge in [0.2, 0.25) is 11.8 Å². The Kier molecular flexibility index (Phi) is 4.49. The largest absolute Gasteiger partial charge is 0.461 e. The zero-order chi connectivity index (χ0) is 18.9. The SMILES string of the molecule is Cc1ccccc1-c1nnc(-c2ccc(C(=O)OCC3(C)COC3)cc2)o1. The third-order valence-electron chi connectivity index (χ3n) is 4.62. The Hall–Kier alpha value is -2.99. The van der Waals surface area contributed by atoms with Crippen LogP contribution in [0.5, 0.6) is 0 Å². The summed E-state index contributed by atoms with van der Waals surface area (Å²) in [6, 6.07) is 14.8. The Balaban J connectivity index is 1.46. The molecule has 0 bridgehead atoms. The normalized spacial score (nSPS) is 15.2. The van der Waals surface area contributed by atoms with E-state index >= 15 is 0 Å². The first-order chi connectivity index (χ1) is 13.0. The van der Waals surface area contributed by atoms with E-state index in [4.69, 9.17) is 13.9 Å². The first-order valence-electron chi connectivity index (χ1n) is 8.79. The van der Waals surface area contributed by atoms with Gasteiger partial charge in [-0.2, -0.15) is 0 Å². The zero-order valence-corrected chi connectivity index (χ0v) is 15.3. The molecule has 0 N–H and O–H groups in total. The number of hydrogen-bond acceptors (Lipinski definition) is 6. The lowest BCUT2D eigenvalue weighted by Crippen LogP contribution is -2.44. The summed E-state index contributed by atoms with van der Waals surface area (Å²) in [4.78, 5) is 12.2. The van der Waals surface area contributed by atoms with Crippen molar-refractivity contribution in [3.05, 3.63) is 59.7 Å². The number of nitrogens with zero attached hydrogens (tertiary/aromatic N) is 2. The van der Waals surface area contributed by atoms with Crippen molar-refractivity contribution in [3.63, 3.8) is 0 Å². The average molecular weight is 364 g/mol. The quantitative estimate of drug-likeness (QED) is 0.639. The molecule has 4 rings (SSSR count). The molecule has 1 fully saturated rings. The van der Waals surface area contributed by atoms with E-state index in [0.717, 1.165) is 16.7 Å². The summed E-state index contributed by atoms with van der Waals surface area (Å²) in [6.07, 6.45) is 0. The highest BCUT2D eigenvalue weighted by Crippen LogP contribution is 2.28. The fourth-order valence-corrected chi connectivity index (χ4v) is 2.87. The molecule has 2 aromatic carbocycles. The van der Waals surface area contributed by atoms with Crippen LogP contribution in [0.3, 0.4) is 0 Å². The van der Waals surface area contributed by atoms with E-state index in [-0.39, 0.29) is 11.4 Å². The first kappa shape index (κ1) is 17.4. The maximum absolute atomic E-state index is 12.2. The van der Waals surface area contributed by atoms with Gasteiger partial charge in [0.25, 0.3) is 0 Å². The summed E-state index contributed by atoms with van der Waals surface area (Å²) in [5, 5.41) is 8.25. The smallest absolute Gasteiger partial charge is 0.338 e. The molecule has 6 nitrogen and oxygen atoms in total. The molecule has 2 heterocycles. The number of carbonyl (C=O) groups excluding carboxylic acids is 1. The summed E-state index contributed by atoms with van der Waals surface area (Å²) in [5.74, 6) is 0.538. The lowest BCUT2D eigenvalue weighted by atomic mass is 9.90. The topological polar surface area (TPSA) is 74.5 Å². The minimum atomic E-state index is -0.346. The van der Waals surface area contributed by atoms with Crippen LogP contribution in [0.25, 0.3) is 22.9 Å². The van der Waals surface area contributed by atoms with E-state index in [1.807, 2.05) is 38.1 Å². The third kappa shape index (κ3) is 3.61. The van der Waals surface area contributed by atoms with Gasteiger partial charge in [-0.25, -0.2) is 4.79 Å². The van der Waals surface area contributed by atoms with E-state index in [0.29, 0.717) is 37.2 Å². The van der Waals surface area contributed by atoms with Crippen LogP contribution in [0.4, 0.5) is 0 Å². The molecular weight excluding hydrogens is 344 g/mol. The summed E-state index contributed by atoms with van der Waals surface area (Å²) in [6.45, 7) is 5.64. The molecule has 6 heteroatoms. The molecule has 3 aromatic rings. The van der Waals surface area contributed by atoms with Crippen LogP contribution in [0.15, 0.2) is 52.9 Å². The highest BCUT2D eigenvalue weighted by molar-refractivity contribution is 5.89. The molecule has 1 saturated heterocycles. The molecule has 27 heavy (non-hydrogen) atoms. The second kappa shape index (κ2) is 6.96. The van der Waals surface area contributed by atoms with Gasteiger partial charge in [-0.15, -0.1) is 10.2 Å². The number of aryl methyl sites for hydroxylation is 1. The molecule has 0 amide bonds. The third-order valence-corrected chi connectivity index (χ3v) is 4.62. The van der Waals surface area contributed by atoms with Crippen molar-refractivity contribution in [2.24, 2.45) is 5.41 Å². The Morgan fingerprint density at radius 3 is 2.44 bits per heavy atom. The molecule has 1 aliphatic heterocycles. The van der Waals surface area contributed by atoms with Gasteiger partial charge in [-0.05, 0) is 42.8 Å². The van der Waals surface area contributed by atoms with Crippen LogP contribution < -0.4 is 0 Å². The number of hydrogen-bond donors (Lipinski definition) is 0. The van der Waals surface area contributed by atoms with Crippen molar-refractivity contribution in [3.8, 4) is 22.9 Å². The second-order valence-electron chi connectivity index (χ2n) is 7.18. The Morgan fingerprint density at radius 1 is 1.07 bits per heavy atom. The minimum Gasteiger partial charge on any atom is -0.461 e. The van der Waals surface area contributed by atoms with Crippen LogP contribution in [-0.2, 0) is 9.47 Å². The van der Waals surface area contributed by atoms with Crippen molar-refractivity contribution in [2.45, 2.75) is 13.8 Å². The molecule has 1 aromatic heterocycles. The van der Waals surface area contributed by atoms with Crippen molar-refractivity contribution in [2.75, 3.05) is 19.8 Å². The second-order valence-corrected chi connectivity index (χ2v) is 7.18. The summed E-state index contributed by atoms with van der Waals surface area (Å²) >= 11 is 0. The van der Waals surface area contributed by atoms with Crippen LogP contribution in [0, 0.1) is 12.3 Å². The van der Waals surface area contributed by atoms with Crippen molar-refractivity contribution < 1.29 is 18.7 Å². The van der Waals surface area contributed by atoms with Crippen molar-refractivity contribution >= 4 is 5.97 Å². The highest BCUT2D eigenvalue weighted by atomic mass is 16.5. The molecule has 1 aliphatic rings. The Bertz CT molecular complexity index is 958. The first-order valence-corrected chi connectivity index (χ1v) is 8.79. The number of rotatable bonds is 5. The summed E-state index contributed by atoms with van der Waals surface area (Å²) < 4.78 is 16.4. The summed E-state index contributed by atoms with van der Waals surface area (Å²) in [5.41, 5.74) is 3.14. The van der Waals surface area contributed by atoms with Gasteiger partial charge in [0.1, 0.15) is 6.61 Å².